The zero-order valence-corrected chi connectivity index (χ0v) is 17.1. The van der Waals surface area contributed by atoms with E-state index in [1.165, 1.54) is 35.5 Å². The van der Waals surface area contributed by atoms with Crippen LogP contribution in [0, 0.1) is 0 Å². The molecule has 2 fully saturated rings. The van der Waals surface area contributed by atoms with E-state index >= 15 is 0 Å². The van der Waals surface area contributed by atoms with E-state index in [0.29, 0.717) is 25.9 Å². The first-order valence-electron chi connectivity index (χ1n) is 8.97. The molecular formula is C17H25N3O5S2. The standard InChI is InChI=1S/C17H25N3O5S2/c1-13(21)19(2)15-9-11-20(12-10-15)27(24,25)17-7-5-16(6-8-17)26(22,23)18-14-3-4-14/h5-8,14-15,18H,3-4,9-12H2,1-2H3. The summed E-state index contributed by atoms with van der Waals surface area (Å²) in [4.78, 5) is 13.3. The largest absolute Gasteiger partial charge is 0.343 e. The summed E-state index contributed by atoms with van der Waals surface area (Å²) in [5.74, 6) is -0.0343. The Morgan fingerprint density at radius 1 is 1.00 bits per heavy atom. The third-order valence-corrected chi connectivity index (χ3v) is 8.59. The van der Waals surface area contributed by atoms with Crippen molar-refractivity contribution in [2.24, 2.45) is 0 Å². The lowest BCUT2D eigenvalue weighted by atomic mass is 10.1. The Balaban J connectivity index is 1.69. The van der Waals surface area contributed by atoms with Crippen LogP contribution in [0.4, 0.5) is 0 Å². The van der Waals surface area contributed by atoms with Crippen molar-refractivity contribution in [1.82, 2.24) is 13.9 Å². The number of nitrogens with zero attached hydrogens (tertiary/aromatic N) is 2. The number of benzene rings is 1. The number of rotatable bonds is 6. The third-order valence-electron chi connectivity index (χ3n) is 5.14. The zero-order chi connectivity index (χ0) is 19.8. The van der Waals surface area contributed by atoms with Crippen molar-refractivity contribution in [3.8, 4) is 0 Å². The van der Waals surface area contributed by atoms with Gasteiger partial charge in [-0.3, -0.25) is 4.79 Å². The number of carbonyl (C=O) groups excluding carboxylic acids is 1. The van der Waals surface area contributed by atoms with Gasteiger partial charge in [0.05, 0.1) is 9.79 Å². The molecule has 10 heteroatoms. The molecule has 0 radical (unpaired) electrons. The number of piperidine rings is 1. The lowest BCUT2D eigenvalue weighted by Gasteiger charge is -2.35. The van der Waals surface area contributed by atoms with E-state index < -0.39 is 20.0 Å². The predicted molar refractivity (Wildman–Crippen MR) is 100 cm³/mol. The van der Waals surface area contributed by atoms with E-state index in [2.05, 4.69) is 4.72 Å². The van der Waals surface area contributed by atoms with Crippen LogP contribution in [0.2, 0.25) is 0 Å². The average Bonchev–Trinajstić information content (AvgIpc) is 3.44. The van der Waals surface area contributed by atoms with Crippen molar-refractivity contribution in [1.29, 1.82) is 0 Å². The fraction of sp³-hybridized carbons (Fsp3) is 0.588. The minimum Gasteiger partial charge on any atom is -0.343 e. The number of hydrogen-bond donors (Lipinski definition) is 1. The second-order valence-corrected chi connectivity index (χ2v) is 10.8. The van der Waals surface area contributed by atoms with Crippen LogP contribution < -0.4 is 4.72 Å². The number of hydrogen-bond acceptors (Lipinski definition) is 5. The smallest absolute Gasteiger partial charge is 0.243 e. The fourth-order valence-corrected chi connectivity index (χ4v) is 5.93. The quantitative estimate of drug-likeness (QED) is 0.739. The lowest BCUT2D eigenvalue weighted by Crippen LogP contribution is -2.46. The topological polar surface area (TPSA) is 104 Å². The summed E-state index contributed by atoms with van der Waals surface area (Å²) in [7, 11) is -5.57. The summed E-state index contributed by atoms with van der Waals surface area (Å²) in [6.45, 7) is 2.15. The fourth-order valence-electron chi connectivity index (χ4n) is 3.16. The van der Waals surface area contributed by atoms with Gasteiger partial charge in [0.1, 0.15) is 0 Å². The van der Waals surface area contributed by atoms with Crippen LogP contribution in [-0.4, -0.2) is 64.2 Å². The molecular weight excluding hydrogens is 390 g/mol. The molecule has 3 rings (SSSR count). The molecule has 1 aromatic carbocycles. The average molecular weight is 416 g/mol. The first-order chi connectivity index (χ1) is 12.6. The minimum absolute atomic E-state index is 0.00663. The van der Waals surface area contributed by atoms with Gasteiger partial charge in [0.2, 0.25) is 26.0 Å². The highest BCUT2D eigenvalue weighted by molar-refractivity contribution is 7.89. The molecule has 1 saturated heterocycles. The third kappa shape index (κ3) is 4.50. The Hall–Kier alpha value is -1.49. The zero-order valence-electron chi connectivity index (χ0n) is 15.5. The van der Waals surface area contributed by atoms with Gasteiger partial charge in [-0.2, -0.15) is 4.31 Å². The van der Waals surface area contributed by atoms with Crippen molar-refractivity contribution in [2.45, 2.75) is 54.5 Å². The van der Waals surface area contributed by atoms with Gasteiger partial charge in [0.15, 0.2) is 0 Å². The lowest BCUT2D eigenvalue weighted by molar-refractivity contribution is -0.130. The Morgan fingerprint density at radius 3 is 2.00 bits per heavy atom. The molecule has 0 atom stereocenters. The summed E-state index contributed by atoms with van der Waals surface area (Å²) in [6.07, 6.45) is 2.82. The molecule has 1 aromatic rings. The number of amides is 1. The molecule has 0 aromatic heterocycles. The van der Waals surface area contributed by atoms with Crippen LogP contribution in [0.5, 0.6) is 0 Å². The van der Waals surface area contributed by atoms with Gasteiger partial charge in [0.25, 0.3) is 0 Å². The predicted octanol–water partition coefficient (Wildman–Crippen LogP) is 0.759. The molecule has 2 aliphatic rings. The Bertz CT molecular complexity index is 900. The van der Waals surface area contributed by atoms with E-state index in [0.717, 1.165) is 12.8 Å². The van der Waals surface area contributed by atoms with Gasteiger partial charge in [-0.1, -0.05) is 0 Å². The molecule has 27 heavy (non-hydrogen) atoms. The highest BCUT2D eigenvalue weighted by Gasteiger charge is 2.32. The molecule has 8 nitrogen and oxygen atoms in total. The molecule has 1 saturated carbocycles. The maximum Gasteiger partial charge on any atom is 0.243 e. The van der Waals surface area contributed by atoms with Crippen molar-refractivity contribution >= 4 is 26.0 Å². The summed E-state index contributed by atoms with van der Waals surface area (Å²) in [6, 6.07) is 5.36. The van der Waals surface area contributed by atoms with Crippen LogP contribution in [0.1, 0.15) is 32.6 Å². The molecule has 1 aliphatic carbocycles. The highest BCUT2D eigenvalue weighted by Crippen LogP contribution is 2.25. The van der Waals surface area contributed by atoms with Gasteiger partial charge >= 0.3 is 0 Å². The van der Waals surface area contributed by atoms with E-state index in [9.17, 15) is 21.6 Å². The van der Waals surface area contributed by atoms with E-state index in [-0.39, 0.29) is 27.8 Å². The molecule has 150 valence electrons. The summed E-state index contributed by atoms with van der Waals surface area (Å²) in [5.41, 5.74) is 0. The van der Waals surface area contributed by atoms with Crippen molar-refractivity contribution in [2.75, 3.05) is 20.1 Å². The van der Waals surface area contributed by atoms with Gasteiger partial charge in [-0.25, -0.2) is 21.6 Å². The second kappa shape index (κ2) is 7.50. The Morgan fingerprint density at radius 2 is 1.52 bits per heavy atom. The minimum atomic E-state index is -3.69. The molecule has 1 amide bonds. The molecule has 0 spiro atoms. The summed E-state index contributed by atoms with van der Waals surface area (Å²) in [5, 5.41) is 0. The van der Waals surface area contributed by atoms with Crippen LogP contribution >= 0.6 is 0 Å². The van der Waals surface area contributed by atoms with Crippen molar-refractivity contribution < 1.29 is 21.6 Å². The van der Waals surface area contributed by atoms with Crippen molar-refractivity contribution in [3.05, 3.63) is 24.3 Å². The van der Waals surface area contributed by atoms with Crippen LogP contribution in [-0.2, 0) is 24.8 Å². The number of sulfonamides is 2. The highest BCUT2D eigenvalue weighted by atomic mass is 32.2. The Kier molecular flexibility index (Phi) is 5.62. The van der Waals surface area contributed by atoms with Crippen LogP contribution in [0.3, 0.4) is 0 Å². The molecule has 1 aliphatic heterocycles. The molecule has 0 bridgehead atoms. The normalized spacial score (nSPS) is 19.8. The van der Waals surface area contributed by atoms with Gasteiger partial charge in [-0.05, 0) is 49.9 Å². The van der Waals surface area contributed by atoms with Gasteiger partial charge < -0.3 is 4.90 Å². The van der Waals surface area contributed by atoms with Crippen LogP contribution in [0.25, 0.3) is 0 Å². The van der Waals surface area contributed by atoms with Gasteiger partial charge in [0, 0.05) is 39.1 Å². The first kappa shape index (κ1) is 20.2. The molecule has 1 heterocycles. The van der Waals surface area contributed by atoms with Gasteiger partial charge in [-0.15, -0.1) is 0 Å². The monoisotopic (exact) mass is 415 g/mol. The molecule has 1 N–H and O–H groups in total. The molecule has 0 unspecified atom stereocenters. The maximum absolute atomic E-state index is 12.8. The second-order valence-electron chi connectivity index (χ2n) is 7.13. The van der Waals surface area contributed by atoms with E-state index in [4.69, 9.17) is 0 Å². The summed E-state index contributed by atoms with van der Waals surface area (Å²) >= 11 is 0. The number of nitrogens with one attached hydrogen (secondary N) is 1. The van der Waals surface area contributed by atoms with E-state index in [1.807, 2.05) is 0 Å². The summed E-state index contributed by atoms with van der Waals surface area (Å²) < 4.78 is 54.0. The number of carbonyl (C=O) groups is 1. The van der Waals surface area contributed by atoms with E-state index in [1.54, 1.807) is 11.9 Å². The van der Waals surface area contributed by atoms with Crippen molar-refractivity contribution in [3.63, 3.8) is 0 Å². The first-order valence-corrected chi connectivity index (χ1v) is 11.9. The van der Waals surface area contributed by atoms with Crippen LogP contribution in [0.15, 0.2) is 34.1 Å². The maximum atomic E-state index is 12.8. The SMILES string of the molecule is CC(=O)N(C)C1CCN(S(=O)(=O)c2ccc(S(=O)(=O)NC3CC3)cc2)CC1. The Labute approximate surface area is 160 Å².